The summed E-state index contributed by atoms with van der Waals surface area (Å²) in [7, 11) is -2.97. The third-order valence-electron chi connectivity index (χ3n) is 2.05. The molecule has 0 saturated heterocycles. The molecule has 0 amide bonds. The Balaban J connectivity index is 2.58. The van der Waals surface area contributed by atoms with Gasteiger partial charge in [0.05, 0.1) is 5.69 Å². The molecule has 0 spiro atoms. The maximum absolute atomic E-state index is 11.1. The van der Waals surface area contributed by atoms with Crippen LogP contribution in [0.1, 0.15) is 24.5 Å². The standard InChI is InChI=1S/C10H18N2O2S2/c1-4-11-8(2)5-9-6-15-10(12-9)7-16(3,13)14/h6,8,11H,4-5,7H2,1-3H3. The lowest BCUT2D eigenvalue weighted by Gasteiger charge is -2.09. The topological polar surface area (TPSA) is 59.1 Å². The van der Waals surface area contributed by atoms with Crippen molar-refractivity contribution in [2.24, 2.45) is 0 Å². The lowest BCUT2D eigenvalue weighted by Crippen LogP contribution is -2.27. The van der Waals surface area contributed by atoms with E-state index in [-0.39, 0.29) is 5.75 Å². The zero-order valence-electron chi connectivity index (χ0n) is 9.86. The van der Waals surface area contributed by atoms with Gasteiger partial charge in [-0.2, -0.15) is 0 Å². The number of hydrogen-bond donors (Lipinski definition) is 1. The molecule has 0 fully saturated rings. The molecule has 1 N–H and O–H groups in total. The maximum atomic E-state index is 11.1. The summed E-state index contributed by atoms with van der Waals surface area (Å²) in [5.41, 5.74) is 0.970. The summed E-state index contributed by atoms with van der Waals surface area (Å²) in [6.45, 7) is 5.09. The summed E-state index contributed by atoms with van der Waals surface area (Å²) in [6.07, 6.45) is 2.07. The van der Waals surface area contributed by atoms with Gasteiger partial charge < -0.3 is 5.32 Å². The van der Waals surface area contributed by atoms with E-state index >= 15 is 0 Å². The third kappa shape index (κ3) is 5.05. The first-order valence-electron chi connectivity index (χ1n) is 5.25. The van der Waals surface area contributed by atoms with Gasteiger partial charge in [0, 0.05) is 24.1 Å². The van der Waals surface area contributed by atoms with E-state index in [4.69, 9.17) is 0 Å². The Hall–Kier alpha value is -0.460. The SMILES string of the molecule is CCNC(C)Cc1csc(CS(C)(=O)=O)n1. The molecule has 1 atom stereocenters. The first kappa shape index (κ1) is 13.6. The van der Waals surface area contributed by atoms with Gasteiger partial charge in [-0.05, 0) is 13.5 Å². The monoisotopic (exact) mass is 262 g/mol. The van der Waals surface area contributed by atoms with Crippen molar-refractivity contribution in [2.75, 3.05) is 12.8 Å². The molecule has 1 rings (SSSR count). The van der Waals surface area contributed by atoms with Crippen LogP contribution in [0, 0.1) is 0 Å². The van der Waals surface area contributed by atoms with E-state index in [2.05, 4.69) is 24.1 Å². The predicted octanol–water partition coefficient (Wildman–Crippen LogP) is 1.23. The van der Waals surface area contributed by atoms with Crippen LogP contribution in [0.2, 0.25) is 0 Å². The zero-order valence-corrected chi connectivity index (χ0v) is 11.5. The van der Waals surface area contributed by atoms with Crippen molar-refractivity contribution in [3.8, 4) is 0 Å². The van der Waals surface area contributed by atoms with Crippen LogP contribution in [-0.2, 0) is 22.0 Å². The molecule has 4 nitrogen and oxygen atoms in total. The van der Waals surface area contributed by atoms with Crippen molar-refractivity contribution < 1.29 is 8.42 Å². The largest absolute Gasteiger partial charge is 0.314 e. The van der Waals surface area contributed by atoms with Crippen LogP contribution in [0.3, 0.4) is 0 Å². The minimum Gasteiger partial charge on any atom is -0.314 e. The highest BCUT2D eigenvalue weighted by Gasteiger charge is 2.10. The molecule has 16 heavy (non-hydrogen) atoms. The Labute approximate surface area is 101 Å². The minimum atomic E-state index is -2.97. The van der Waals surface area contributed by atoms with E-state index in [0.29, 0.717) is 11.0 Å². The van der Waals surface area contributed by atoms with Crippen LogP contribution in [0.5, 0.6) is 0 Å². The molecule has 1 unspecified atom stereocenters. The summed E-state index contributed by atoms with van der Waals surface area (Å²) in [5, 5.41) is 5.92. The predicted molar refractivity (Wildman–Crippen MR) is 67.5 cm³/mol. The van der Waals surface area contributed by atoms with E-state index in [1.807, 2.05) is 5.38 Å². The van der Waals surface area contributed by atoms with E-state index in [0.717, 1.165) is 18.7 Å². The third-order valence-corrected chi connectivity index (χ3v) is 3.93. The first-order valence-corrected chi connectivity index (χ1v) is 8.19. The Bertz CT molecular complexity index is 426. The molecule has 1 heterocycles. The van der Waals surface area contributed by atoms with Gasteiger partial charge in [-0.15, -0.1) is 11.3 Å². The average molecular weight is 262 g/mol. The zero-order chi connectivity index (χ0) is 12.2. The van der Waals surface area contributed by atoms with Gasteiger partial charge in [0.1, 0.15) is 10.8 Å². The lowest BCUT2D eigenvalue weighted by atomic mass is 10.2. The van der Waals surface area contributed by atoms with Crippen molar-refractivity contribution in [1.82, 2.24) is 10.3 Å². The van der Waals surface area contributed by atoms with Gasteiger partial charge >= 0.3 is 0 Å². The Morgan fingerprint density at radius 1 is 1.56 bits per heavy atom. The number of likely N-dealkylation sites (N-methyl/N-ethyl adjacent to an activating group) is 1. The molecule has 0 saturated carbocycles. The number of nitrogens with zero attached hydrogens (tertiary/aromatic N) is 1. The Morgan fingerprint density at radius 2 is 2.25 bits per heavy atom. The van der Waals surface area contributed by atoms with Crippen LogP contribution in [0.15, 0.2) is 5.38 Å². The van der Waals surface area contributed by atoms with Crippen molar-refractivity contribution in [2.45, 2.75) is 32.1 Å². The Morgan fingerprint density at radius 3 is 2.81 bits per heavy atom. The Kier molecular flexibility index (Phi) is 4.89. The van der Waals surface area contributed by atoms with Gasteiger partial charge in [0.15, 0.2) is 9.84 Å². The van der Waals surface area contributed by atoms with Crippen molar-refractivity contribution in [3.63, 3.8) is 0 Å². The molecular weight excluding hydrogens is 244 g/mol. The number of hydrogen-bond acceptors (Lipinski definition) is 5. The molecule has 1 aromatic rings. The average Bonchev–Trinajstić information content (AvgIpc) is 2.49. The molecule has 0 aliphatic heterocycles. The number of nitrogens with one attached hydrogen (secondary N) is 1. The lowest BCUT2D eigenvalue weighted by molar-refractivity contribution is 0.560. The van der Waals surface area contributed by atoms with Crippen molar-refractivity contribution in [1.29, 1.82) is 0 Å². The summed E-state index contributed by atoms with van der Waals surface area (Å²) in [6, 6.07) is 0.373. The van der Waals surface area contributed by atoms with Gasteiger partial charge in [0.2, 0.25) is 0 Å². The van der Waals surface area contributed by atoms with Crippen molar-refractivity contribution >= 4 is 21.2 Å². The highest BCUT2D eigenvalue weighted by atomic mass is 32.2. The fourth-order valence-electron chi connectivity index (χ4n) is 1.47. The summed E-state index contributed by atoms with van der Waals surface area (Å²) in [5.74, 6) is 0.0489. The van der Waals surface area contributed by atoms with E-state index < -0.39 is 9.84 Å². The van der Waals surface area contributed by atoms with Crippen LogP contribution >= 0.6 is 11.3 Å². The fourth-order valence-corrected chi connectivity index (χ4v) is 3.49. The molecule has 92 valence electrons. The normalized spacial score (nSPS) is 13.9. The number of aromatic nitrogens is 1. The molecule has 0 aromatic carbocycles. The quantitative estimate of drug-likeness (QED) is 0.837. The highest BCUT2D eigenvalue weighted by Crippen LogP contribution is 2.13. The van der Waals surface area contributed by atoms with Gasteiger partial charge in [-0.25, -0.2) is 13.4 Å². The number of rotatable bonds is 6. The minimum absolute atomic E-state index is 0.0489. The van der Waals surface area contributed by atoms with E-state index in [1.54, 1.807) is 0 Å². The maximum Gasteiger partial charge on any atom is 0.153 e. The summed E-state index contributed by atoms with van der Waals surface area (Å²) in [4.78, 5) is 4.32. The second-order valence-electron chi connectivity index (χ2n) is 3.97. The van der Waals surface area contributed by atoms with Crippen molar-refractivity contribution in [3.05, 3.63) is 16.1 Å². The van der Waals surface area contributed by atoms with Gasteiger partial charge in [-0.1, -0.05) is 6.92 Å². The smallest absolute Gasteiger partial charge is 0.153 e. The second kappa shape index (κ2) is 5.75. The molecular formula is C10H18N2O2S2. The van der Waals surface area contributed by atoms with Crippen LogP contribution in [-0.4, -0.2) is 32.2 Å². The van der Waals surface area contributed by atoms with E-state index in [1.165, 1.54) is 17.6 Å². The molecule has 0 aliphatic carbocycles. The summed E-state index contributed by atoms with van der Waals surface area (Å²) >= 11 is 1.42. The van der Waals surface area contributed by atoms with Crippen LogP contribution in [0.25, 0.3) is 0 Å². The van der Waals surface area contributed by atoms with E-state index in [9.17, 15) is 8.42 Å². The first-order chi connectivity index (χ1) is 7.40. The molecule has 0 radical (unpaired) electrons. The molecule has 1 aromatic heterocycles. The van der Waals surface area contributed by atoms with Crippen LogP contribution in [0.4, 0.5) is 0 Å². The molecule has 0 bridgehead atoms. The second-order valence-corrected chi connectivity index (χ2v) is 7.05. The summed E-state index contributed by atoms with van der Waals surface area (Å²) < 4.78 is 22.2. The molecule has 6 heteroatoms. The fraction of sp³-hybridized carbons (Fsp3) is 0.700. The molecule has 0 aliphatic rings. The number of sulfone groups is 1. The van der Waals surface area contributed by atoms with Gasteiger partial charge in [0.25, 0.3) is 0 Å². The van der Waals surface area contributed by atoms with Crippen LogP contribution < -0.4 is 5.32 Å². The van der Waals surface area contributed by atoms with Gasteiger partial charge in [-0.3, -0.25) is 0 Å². The number of thiazole rings is 1. The highest BCUT2D eigenvalue weighted by molar-refractivity contribution is 7.90.